The van der Waals surface area contributed by atoms with Gasteiger partial charge in [0.15, 0.2) is 0 Å². The van der Waals surface area contributed by atoms with Gasteiger partial charge in [-0.15, -0.1) is 11.3 Å². The van der Waals surface area contributed by atoms with E-state index < -0.39 is 0 Å². The number of anilines is 1. The van der Waals surface area contributed by atoms with Crippen molar-refractivity contribution in [2.45, 2.75) is 33.6 Å². The summed E-state index contributed by atoms with van der Waals surface area (Å²) < 4.78 is 5.74. The van der Waals surface area contributed by atoms with Crippen LogP contribution in [0.4, 0.5) is 5.69 Å². The fourth-order valence-electron chi connectivity index (χ4n) is 4.04. The van der Waals surface area contributed by atoms with E-state index in [-0.39, 0.29) is 11.8 Å². The van der Waals surface area contributed by atoms with E-state index in [1.54, 1.807) is 12.1 Å². The van der Waals surface area contributed by atoms with Crippen molar-refractivity contribution in [3.8, 4) is 5.75 Å². The van der Waals surface area contributed by atoms with Crippen LogP contribution in [-0.2, 0) is 9.59 Å². The first-order valence-electron chi connectivity index (χ1n) is 10.6. The fourth-order valence-corrected chi connectivity index (χ4v) is 4.80. The summed E-state index contributed by atoms with van der Waals surface area (Å²) >= 11 is 1.50. The Bertz CT molecular complexity index is 947. The average Bonchev–Trinajstić information content (AvgIpc) is 3.33. The highest BCUT2D eigenvalue weighted by Crippen LogP contribution is 2.38. The van der Waals surface area contributed by atoms with Crippen LogP contribution in [0, 0.1) is 11.8 Å². The van der Waals surface area contributed by atoms with Crippen LogP contribution in [-0.4, -0.2) is 36.4 Å². The normalized spacial score (nSPS) is 19.9. The Balaban J connectivity index is 1.66. The molecule has 0 N–H and O–H groups in total. The highest BCUT2D eigenvalue weighted by molar-refractivity contribution is 7.11. The minimum Gasteiger partial charge on any atom is -0.493 e. The van der Waals surface area contributed by atoms with Crippen molar-refractivity contribution < 1.29 is 14.3 Å². The van der Waals surface area contributed by atoms with E-state index in [0.29, 0.717) is 35.4 Å². The first-order chi connectivity index (χ1) is 14.5. The van der Waals surface area contributed by atoms with Gasteiger partial charge in [0.1, 0.15) is 11.4 Å². The second-order valence-corrected chi connectivity index (χ2v) is 9.49. The van der Waals surface area contributed by atoms with Gasteiger partial charge in [-0.05, 0) is 60.4 Å². The van der Waals surface area contributed by atoms with Gasteiger partial charge in [-0.2, -0.15) is 0 Å². The molecule has 0 spiro atoms. The molecule has 1 aromatic heterocycles. The van der Waals surface area contributed by atoms with Crippen molar-refractivity contribution in [1.29, 1.82) is 0 Å². The fraction of sp³-hybridized carbons (Fsp3) is 0.417. The van der Waals surface area contributed by atoms with Gasteiger partial charge in [-0.3, -0.25) is 9.59 Å². The second kappa shape index (κ2) is 8.64. The molecule has 1 unspecified atom stereocenters. The predicted octanol–water partition coefficient (Wildman–Crippen LogP) is 4.80. The lowest BCUT2D eigenvalue weighted by Gasteiger charge is -2.33. The van der Waals surface area contributed by atoms with Crippen LogP contribution in [0.1, 0.15) is 38.5 Å². The van der Waals surface area contributed by atoms with E-state index >= 15 is 0 Å². The first-order valence-corrected chi connectivity index (χ1v) is 11.5. The number of ether oxygens (including phenoxy) is 1. The van der Waals surface area contributed by atoms with Gasteiger partial charge >= 0.3 is 0 Å². The highest BCUT2D eigenvalue weighted by atomic mass is 32.1. The maximum atomic E-state index is 13.5. The molecule has 158 valence electrons. The monoisotopic (exact) mass is 424 g/mol. The molecule has 0 bridgehead atoms. The minimum absolute atomic E-state index is 0.228. The SMILES string of the molecule is CC(C)COc1ccc(N2C(=O)C(c3cccs3)=C(N3CCCC(C)C3)C2=O)cc1. The van der Waals surface area contributed by atoms with E-state index in [2.05, 4.69) is 25.7 Å². The van der Waals surface area contributed by atoms with Crippen molar-refractivity contribution >= 4 is 34.4 Å². The van der Waals surface area contributed by atoms with E-state index in [1.807, 2.05) is 29.6 Å². The second-order valence-electron chi connectivity index (χ2n) is 8.54. The number of amides is 2. The molecule has 2 aliphatic rings. The van der Waals surface area contributed by atoms with Gasteiger partial charge in [0.25, 0.3) is 11.8 Å². The molecule has 2 aromatic rings. The zero-order valence-corrected chi connectivity index (χ0v) is 18.6. The quantitative estimate of drug-likeness (QED) is 0.625. The third-order valence-corrected chi connectivity index (χ3v) is 6.37. The molecule has 5 nitrogen and oxygen atoms in total. The summed E-state index contributed by atoms with van der Waals surface area (Å²) in [5, 5.41) is 1.94. The molecule has 2 aliphatic heterocycles. The zero-order valence-electron chi connectivity index (χ0n) is 17.8. The number of thiophene rings is 1. The molecule has 30 heavy (non-hydrogen) atoms. The number of rotatable bonds is 6. The number of imide groups is 1. The molecule has 4 rings (SSSR count). The van der Waals surface area contributed by atoms with Crippen molar-refractivity contribution in [3.63, 3.8) is 0 Å². The number of piperidine rings is 1. The Kier molecular flexibility index (Phi) is 5.95. The molecular formula is C24H28N2O3S. The van der Waals surface area contributed by atoms with Crippen molar-refractivity contribution in [2.24, 2.45) is 11.8 Å². The summed E-state index contributed by atoms with van der Waals surface area (Å²) in [6, 6.07) is 11.1. The number of carbonyl (C=O) groups is 2. The van der Waals surface area contributed by atoms with Crippen molar-refractivity contribution in [3.05, 3.63) is 52.4 Å². The summed E-state index contributed by atoms with van der Waals surface area (Å²) in [6.07, 6.45) is 2.19. The molecule has 1 aromatic carbocycles. The topological polar surface area (TPSA) is 49.9 Å². The maximum Gasteiger partial charge on any atom is 0.282 e. The summed E-state index contributed by atoms with van der Waals surface area (Å²) in [4.78, 5) is 31.2. The molecule has 2 amide bonds. The Hall–Kier alpha value is -2.60. The Morgan fingerprint density at radius 2 is 1.90 bits per heavy atom. The van der Waals surface area contributed by atoms with E-state index in [1.165, 1.54) is 16.2 Å². The average molecular weight is 425 g/mol. The molecule has 3 heterocycles. The molecular weight excluding hydrogens is 396 g/mol. The van der Waals surface area contributed by atoms with Crippen molar-refractivity contribution in [2.75, 3.05) is 24.6 Å². The molecule has 0 saturated carbocycles. The number of hydrogen-bond acceptors (Lipinski definition) is 5. The third kappa shape index (κ3) is 4.01. The maximum absolute atomic E-state index is 13.5. The lowest BCUT2D eigenvalue weighted by molar-refractivity contribution is -0.120. The molecule has 1 atom stereocenters. The van der Waals surface area contributed by atoms with Crippen LogP contribution < -0.4 is 9.64 Å². The third-order valence-electron chi connectivity index (χ3n) is 5.48. The number of nitrogens with zero attached hydrogens (tertiary/aromatic N) is 2. The van der Waals surface area contributed by atoms with Crippen LogP contribution in [0.3, 0.4) is 0 Å². The van der Waals surface area contributed by atoms with Crippen LogP contribution >= 0.6 is 11.3 Å². The lowest BCUT2D eigenvalue weighted by Crippen LogP contribution is -2.39. The van der Waals surface area contributed by atoms with E-state index in [4.69, 9.17) is 4.74 Å². The first kappa shape index (κ1) is 20.7. The standard InChI is InChI=1S/C24H28N2O3S/c1-16(2)15-29-19-10-8-18(9-11-19)26-23(27)21(20-7-5-13-30-20)22(24(26)28)25-12-4-6-17(3)14-25/h5,7-11,13,16-17H,4,6,12,14-15H2,1-3H3. The summed E-state index contributed by atoms with van der Waals surface area (Å²) in [7, 11) is 0. The number of hydrogen-bond donors (Lipinski definition) is 0. The Morgan fingerprint density at radius 3 is 2.53 bits per heavy atom. The van der Waals surface area contributed by atoms with Gasteiger partial charge in [-0.1, -0.05) is 26.8 Å². The number of carbonyl (C=O) groups excluding carboxylic acids is 2. The van der Waals surface area contributed by atoms with Crippen molar-refractivity contribution in [1.82, 2.24) is 4.90 Å². The smallest absolute Gasteiger partial charge is 0.282 e. The summed E-state index contributed by atoms with van der Waals surface area (Å²) in [5.74, 6) is 1.20. The predicted molar refractivity (Wildman–Crippen MR) is 120 cm³/mol. The van der Waals surface area contributed by atoms with Gasteiger partial charge in [-0.25, -0.2) is 4.90 Å². The zero-order chi connectivity index (χ0) is 21.3. The Labute approximate surface area is 181 Å². The van der Waals surface area contributed by atoms with Crippen LogP contribution in [0.15, 0.2) is 47.5 Å². The summed E-state index contributed by atoms with van der Waals surface area (Å²) in [5.41, 5.74) is 1.66. The van der Waals surface area contributed by atoms with Crippen LogP contribution in [0.5, 0.6) is 5.75 Å². The molecule has 0 aliphatic carbocycles. The van der Waals surface area contributed by atoms with Gasteiger partial charge in [0.2, 0.25) is 0 Å². The minimum atomic E-state index is -0.244. The van der Waals surface area contributed by atoms with Crippen LogP contribution in [0.2, 0.25) is 0 Å². The summed E-state index contributed by atoms with van der Waals surface area (Å²) in [6.45, 7) is 8.63. The number of likely N-dealkylation sites (tertiary alicyclic amines) is 1. The molecule has 0 radical (unpaired) electrons. The van der Waals surface area contributed by atoms with Gasteiger partial charge < -0.3 is 9.64 Å². The Morgan fingerprint density at radius 1 is 1.13 bits per heavy atom. The van der Waals surface area contributed by atoms with E-state index in [0.717, 1.165) is 36.6 Å². The highest BCUT2D eigenvalue weighted by Gasteiger charge is 2.43. The molecule has 1 saturated heterocycles. The van der Waals surface area contributed by atoms with Gasteiger partial charge in [0, 0.05) is 18.0 Å². The lowest BCUT2D eigenvalue weighted by atomic mass is 9.99. The molecule has 6 heteroatoms. The van der Waals surface area contributed by atoms with Crippen LogP contribution in [0.25, 0.3) is 5.57 Å². The van der Waals surface area contributed by atoms with Gasteiger partial charge in [0.05, 0.1) is 17.9 Å². The van der Waals surface area contributed by atoms with E-state index in [9.17, 15) is 9.59 Å². The largest absolute Gasteiger partial charge is 0.493 e. The molecule has 1 fully saturated rings. The number of benzene rings is 1.